The number of nitrogens with zero attached hydrogens (tertiary/aromatic N) is 1. The number of aromatic nitrogens is 1. The zero-order valence-corrected chi connectivity index (χ0v) is 13.6. The molecular formula is C17H21FN2O3. The van der Waals surface area contributed by atoms with Crippen LogP contribution in [-0.2, 0) is 16.5 Å². The number of nitrogens with one attached hydrogen (secondary N) is 1. The number of benzene rings is 1. The molecule has 1 saturated heterocycles. The van der Waals surface area contributed by atoms with Gasteiger partial charge >= 0.3 is 0 Å². The van der Waals surface area contributed by atoms with Crippen LogP contribution in [0, 0.1) is 12.7 Å². The van der Waals surface area contributed by atoms with Crippen molar-refractivity contribution >= 4 is 16.8 Å². The molecule has 3 rings (SSSR count). The van der Waals surface area contributed by atoms with Gasteiger partial charge in [0.2, 0.25) is 0 Å². The molecule has 124 valence electrons. The molecule has 1 aromatic carbocycles. The number of hydrogen-bond acceptors (Lipinski definition) is 3. The van der Waals surface area contributed by atoms with Crippen LogP contribution in [0.4, 0.5) is 4.39 Å². The van der Waals surface area contributed by atoms with E-state index in [4.69, 9.17) is 9.47 Å². The summed E-state index contributed by atoms with van der Waals surface area (Å²) >= 11 is 0. The van der Waals surface area contributed by atoms with E-state index >= 15 is 0 Å². The molecule has 1 fully saturated rings. The third-order valence-corrected chi connectivity index (χ3v) is 4.54. The molecule has 0 spiro atoms. The van der Waals surface area contributed by atoms with E-state index in [0.717, 1.165) is 22.9 Å². The van der Waals surface area contributed by atoms with E-state index in [1.807, 2.05) is 14.0 Å². The maximum Gasteiger partial charge on any atom is 0.268 e. The Morgan fingerprint density at radius 1 is 1.48 bits per heavy atom. The lowest BCUT2D eigenvalue weighted by Crippen LogP contribution is -2.50. The second kappa shape index (κ2) is 6.29. The second-order valence-electron chi connectivity index (χ2n) is 5.91. The quantitative estimate of drug-likeness (QED) is 0.943. The average molecular weight is 320 g/mol. The van der Waals surface area contributed by atoms with Crippen molar-refractivity contribution in [2.24, 2.45) is 7.05 Å². The molecule has 2 heterocycles. The normalized spacial score (nSPS) is 21.6. The number of ether oxygens (including phenoxy) is 2. The smallest absolute Gasteiger partial charge is 0.268 e. The number of amides is 1. The van der Waals surface area contributed by atoms with E-state index in [-0.39, 0.29) is 23.9 Å². The highest BCUT2D eigenvalue weighted by Crippen LogP contribution is 2.25. The van der Waals surface area contributed by atoms with Crippen molar-refractivity contribution < 1.29 is 18.7 Å². The highest BCUT2D eigenvalue weighted by Gasteiger charge is 2.29. The molecule has 1 aromatic heterocycles. The number of halogens is 1. The summed E-state index contributed by atoms with van der Waals surface area (Å²) in [4.78, 5) is 12.7. The van der Waals surface area contributed by atoms with Crippen LogP contribution >= 0.6 is 0 Å². The van der Waals surface area contributed by atoms with E-state index in [1.54, 1.807) is 17.7 Å². The summed E-state index contributed by atoms with van der Waals surface area (Å²) in [5.74, 6) is -0.502. The van der Waals surface area contributed by atoms with Crippen LogP contribution in [0.15, 0.2) is 18.2 Å². The monoisotopic (exact) mass is 320 g/mol. The Labute approximate surface area is 134 Å². The zero-order chi connectivity index (χ0) is 16.6. The number of hydrogen-bond donors (Lipinski definition) is 1. The summed E-state index contributed by atoms with van der Waals surface area (Å²) < 4.78 is 26.1. The zero-order valence-electron chi connectivity index (χ0n) is 13.6. The van der Waals surface area contributed by atoms with E-state index in [1.165, 1.54) is 12.1 Å². The summed E-state index contributed by atoms with van der Waals surface area (Å²) in [6.07, 6.45) is 0.695. The first-order chi connectivity index (χ1) is 11.0. The Morgan fingerprint density at radius 3 is 3.00 bits per heavy atom. The maximum absolute atomic E-state index is 13.5. The van der Waals surface area contributed by atoms with Gasteiger partial charge in [0.05, 0.1) is 18.8 Å². The lowest BCUT2D eigenvalue weighted by Gasteiger charge is -2.31. The standard InChI is InChI=1S/C17H21FN2O3/c1-10-12-8-11(18)4-5-14(12)20(2)16(10)17(21)19-13-9-23-7-6-15(13)22-3/h4-5,8,13,15H,6-7,9H2,1-3H3,(H,19,21)/t13-,15-/m1/s1. The van der Waals surface area contributed by atoms with Gasteiger partial charge in [0.15, 0.2) is 0 Å². The first-order valence-corrected chi connectivity index (χ1v) is 7.69. The van der Waals surface area contributed by atoms with E-state index < -0.39 is 0 Å². The van der Waals surface area contributed by atoms with Gasteiger partial charge in [-0.2, -0.15) is 0 Å². The van der Waals surface area contributed by atoms with Gasteiger partial charge in [-0.25, -0.2) is 4.39 Å². The summed E-state index contributed by atoms with van der Waals surface area (Å²) in [6, 6.07) is 4.37. The maximum atomic E-state index is 13.5. The Bertz CT molecular complexity index is 741. The summed E-state index contributed by atoms with van der Waals surface area (Å²) in [5, 5.41) is 3.74. The molecule has 0 aliphatic carbocycles. The van der Waals surface area contributed by atoms with E-state index in [0.29, 0.717) is 18.9 Å². The molecule has 23 heavy (non-hydrogen) atoms. The minimum atomic E-state index is -0.307. The SMILES string of the molecule is CO[C@@H]1CCOC[C@H]1NC(=O)c1c(C)c2cc(F)ccc2n1C. The van der Waals surface area contributed by atoms with Crippen molar-refractivity contribution in [3.05, 3.63) is 35.3 Å². The Kier molecular flexibility index (Phi) is 4.37. The first kappa shape index (κ1) is 16.0. The molecule has 1 amide bonds. The average Bonchev–Trinajstić information content (AvgIpc) is 2.78. The summed E-state index contributed by atoms with van der Waals surface area (Å²) in [6.45, 7) is 2.90. The molecular weight excluding hydrogens is 299 g/mol. The fourth-order valence-corrected chi connectivity index (χ4v) is 3.30. The molecule has 5 nitrogen and oxygen atoms in total. The van der Waals surface area contributed by atoms with Crippen LogP contribution in [0.5, 0.6) is 0 Å². The Morgan fingerprint density at radius 2 is 2.26 bits per heavy atom. The molecule has 0 radical (unpaired) electrons. The number of rotatable bonds is 3. The second-order valence-corrected chi connectivity index (χ2v) is 5.91. The molecule has 0 unspecified atom stereocenters. The molecule has 0 saturated carbocycles. The number of fused-ring (bicyclic) bond motifs is 1. The van der Waals surface area contributed by atoms with Gasteiger partial charge in [0, 0.05) is 31.7 Å². The van der Waals surface area contributed by atoms with Gasteiger partial charge in [0.1, 0.15) is 11.5 Å². The van der Waals surface area contributed by atoms with Crippen molar-refractivity contribution in [1.29, 1.82) is 0 Å². The summed E-state index contributed by atoms with van der Waals surface area (Å²) in [7, 11) is 3.45. The fraction of sp³-hybridized carbons (Fsp3) is 0.471. The Balaban J connectivity index is 1.92. The van der Waals surface area contributed by atoms with Gasteiger partial charge < -0.3 is 19.4 Å². The number of methoxy groups -OCH3 is 1. The van der Waals surface area contributed by atoms with Gasteiger partial charge in [-0.3, -0.25) is 4.79 Å². The molecule has 1 aliphatic rings. The highest BCUT2D eigenvalue weighted by molar-refractivity contribution is 6.01. The molecule has 6 heteroatoms. The predicted octanol–water partition coefficient (Wildman–Crippen LogP) is 2.16. The van der Waals surface area contributed by atoms with Crippen LogP contribution in [0.1, 0.15) is 22.5 Å². The fourth-order valence-electron chi connectivity index (χ4n) is 3.30. The van der Waals surface area contributed by atoms with E-state index in [9.17, 15) is 9.18 Å². The highest BCUT2D eigenvalue weighted by atomic mass is 19.1. The van der Waals surface area contributed by atoms with Crippen molar-refractivity contribution in [2.75, 3.05) is 20.3 Å². The third kappa shape index (κ3) is 2.84. The van der Waals surface area contributed by atoms with Crippen molar-refractivity contribution in [3.8, 4) is 0 Å². The minimum absolute atomic E-state index is 0.0554. The summed E-state index contributed by atoms with van der Waals surface area (Å²) in [5.41, 5.74) is 2.13. The molecule has 2 aromatic rings. The minimum Gasteiger partial charge on any atom is -0.379 e. The Hall–Kier alpha value is -1.92. The lowest BCUT2D eigenvalue weighted by molar-refractivity contribution is -0.0350. The molecule has 1 N–H and O–H groups in total. The molecule has 0 bridgehead atoms. The van der Waals surface area contributed by atoms with Crippen LogP contribution in [0.25, 0.3) is 10.9 Å². The largest absolute Gasteiger partial charge is 0.379 e. The van der Waals surface area contributed by atoms with Crippen molar-refractivity contribution in [2.45, 2.75) is 25.5 Å². The predicted molar refractivity (Wildman–Crippen MR) is 85.1 cm³/mol. The van der Waals surface area contributed by atoms with Gasteiger partial charge in [-0.1, -0.05) is 0 Å². The number of carbonyl (C=O) groups is 1. The van der Waals surface area contributed by atoms with Gasteiger partial charge in [-0.05, 0) is 37.1 Å². The van der Waals surface area contributed by atoms with Crippen molar-refractivity contribution in [1.82, 2.24) is 9.88 Å². The van der Waals surface area contributed by atoms with E-state index in [2.05, 4.69) is 5.32 Å². The number of carbonyl (C=O) groups excluding carboxylic acids is 1. The first-order valence-electron chi connectivity index (χ1n) is 7.69. The van der Waals surface area contributed by atoms with Crippen molar-refractivity contribution in [3.63, 3.8) is 0 Å². The van der Waals surface area contributed by atoms with Crippen LogP contribution in [0.3, 0.4) is 0 Å². The van der Waals surface area contributed by atoms with Crippen LogP contribution in [0.2, 0.25) is 0 Å². The molecule has 2 atom stereocenters. The van der Waals surface area contributed by atoms with Gasteiger partial charge in [-0.15, -0.1) is 0 Å². The van der Waals surface area contributed by atoms with Crippen LogP contribution < -0.4 is 5.32 Å². The topological polar surface area (TPSA) is 52.5 Å². The van der Waals surface area contributed by atoms with Gasteiger partial charge in [0.25, 0.3) is 5.91 Å². The van der Waals surface area contributed by atoms with Crippen LogP contribution in [-0.4, -0.2) is 42.9 Å². The molecule has 1 aliphatic heterocycles. The lowest BCUT2D eigenvalue weighted by atomic mass is 10.1. The third-order valence-electron chi connectivity index (χ3n) is 4.54. The number of aryl methyl sites for hydroxylation is 2.